The van der Waals surface area contributed by atoms with E-state index >= 15 is 0 Å². The van der Waals surface area contributed by atoms with Crippen molar-refractivity contribution in [2.75, 3.05) is 0 Å². The Labute approximate surface area is 215 Å². The van der Waals surface area contributed by atoms with E-state index in [0.29, 0.717) is 22.3 Å². The topological polar surface area (TPSA) is 39.1 Å². The van der Waals surface area contributed by atoms with E-state index in [-0.39, 0.29) is 11.6 Å². The molecule has 0 spiro atoms. The van der Waals surface area contributed by atoms with Crippen LogP contribution >= 0.6 is 0 Å². The highest BCUT2D eigenvalue weighted by Gasteiger charge is 2.19. The zero-order chi connectivity index (χ0) is 25.5. The summed E-state index contributed by atoms with van der Waals surface area (Å²) in [5.74, 6) is -0.0134. The molecule has 0 unspecified atom stereocenters. The normalized spacial score (nSPS) is 11.2. The molecule has 178 valence electrons. The summed E-state index contributed by atoms with van der Waals surface area (Å²) in [7, 11) is 0. The monoisotopic (exact) mass is 479 g/mol. The molecule has 0 fully saturated rings. The molecule has 0 aliphatic heterocycles. The fraction of sp³-hybridized carbons (Fsp3) is 0.0588. The Bertz CT molecular complexity index is 1710. The highest BCUT2D eigenvalue weighted by atomic mass is 16.1. The third-order valence-electron chi connectivity index (χ3n) is 7.08. The zero-order valence-corrected chi connectivity index (χ0v) is 20.7. The van der Waals surface area contributed by atoms with Gasteiger partial charge in [0.1, 0.15) is 0 Å². The fourth-order valence-electron chi connectivity index (χ4n) is 5.13. The van der Waals surface area contributed by atoms with Gasteiger partial charge in [0.15, 0.2) is 11.6 Å². The van der Waals surface area contributed by atoms with E-state index < -0.39 is 0 Å². The second-order valence-electron chi connectivity index (χ2n) is 9.42. The van der Waals surface area contributed by atoms with Gasteiger partial charge < -0.3 is 4.57 Å². The van der Waals surface area contributed by atoms with Gasteiger partial charge in [-0.1, -0.05) is 66.7 Å². The van der Waals surface area contributed by atoms with Gasteiger partial charge in [-0.15, -0.1) is 0 Å². The molecule has 6 rings (SSSR count). The van der Waals surface area contributed by atoms with Gasteiger partial charge in [0.25, 0.3) is 0 Å². The molecule has 0 radical (unpaired) electrons. The summed E-state index contributed by atoms with van der Waals surface area (Å²) in [5, 5.41) is 1.88. The first-order chi connectivity index (χ1) is 18.0. The maximum Gasteiger partial charge on any atom is 0.193 e. The Morgan fingerprint density at radius 3 is 1.41 bits per heavy atom. The van der Waals surface area contributed by atoms with Crippen molar-refractivity contribution < 1.29 is 9.59 Å². The third kappa shape index (κ3) is 3.85. The molecule has 0 N–H and O–H groups in total. The summed E-state index contributed by atoms with van der Waals surface area (Å²) in [6, 6.07) is 37.2. The van der Waals surface area contributed by atoms with E-state index in [2.05, 4.69) is 16.7 Å². The Morgan fingerprint density at radius 2 is 0.946 bits per heavy atom. The predicted octanol–water partition coefficient (Wildman–Crippen LogP) is 7.86. The number of rotatable bonds is 5. The summed E-state index contributed by atoms with van der Waals surface area (Å²) in [4.78, 5) is 26.9. The molecular formula is C34H25NO2. The lowest BCUT2D eigenvalue weighted by atomic mass is 9.96. The van der Waals surface area contributed by atoms with Crippen molar-refractivity contribution >= 4 is 33.4 Å². The van der Waals surface area contributed by atoms with Crippen molar-refractivity contribution in [2.45, 2.75) is 13.8 Å². The van der Waals surface area contributed by atoms with Gasteiger partial charge in [-0.2, -0.15) is 0 Å². The molecule has 3 nitrogen and oxygen atoms in total. The lowest BCUT2D eigenvalue weighted by Gasteiger charge is -2.09. The number of carbonyl (C=O) groups is 2. The second-order valence-corrected chi connectivity index (χ2v) is 9.42. The highest BCUT2D eigenvalue weighted by Crippen LogP contribution is 2.34. The van der Waals surface area contributed by atoms with E-state index in [9.17, 15) is 9.59 Å². The van der Waals surface area contributed by atoms with E-state index in [4.69, 9.17) is 0 Å². The molecule has 0 aliphatic carbocycles. The van der Waals surface area contributed by atoms with Crippen molar-refractivity contribution in [1.29, 1.82) is 0 Å². The molecule has 37 heavy (non-hydrogen) atoms. The van der Waals surface area contributed by atoms with E-state index in [0.717, 1.165) is 38.6 Å². The quantitative estimate of drug-likeness (QED) is 0.236. The summed E-state index contributed by atoms with van der Waals surface area (Å²) in [6.07, 6.45) is 0. The summed E-state index contributed by atoms with van der Waals surface area (Å²) >= 11 is 0. The first-order valence-corrected chi connectivity index (χ1v) is 12.4. The Balaban J connectivity index is 1.59. The molecule has 0 bridgehead atoms. The zero-order valence-electron chi connectivity index (χ0n) is 20.7. The van der Waals surface area contributed by atoms with Crippen LogP contribution in [0.25, 0.3) is 27.5 Å². The van der Waals surface area contributed by atoms with E-state index in [1.165, 1.54) is 0 Å². The van der Waals surface area contributed by atoms with Crippen molar-refractivity contribution in [3.05, 3.63) is 149 Å². The van der Waals surface area contributed by atoms with Gasteiger partial charge in [-0.25, -0.2) is 0 Å². The molecule has 0 amide bonds. The smallest absolute Gasteiger partial charge is 0.193 e. The van der Waals surface area contributed by atoms with Gasteiger partial charge in [0.2, 0.25) is 0 Å². The van der Waals surface area contributed by atoms with Gasteiger partial charge in [-0.3, -0.25) is 9.59 Å². The van der Waals surface area contributed by atoms with Crippen LogP contribution in [0, 0.1) is 13.8 Å². The number of carbonyl (C=O) groups excluding carboxylic acids is 2. The molecule has 0 saturated heterocycles. The second kappa shape index (κ2) is 9.03. The largest absolute Gasteiger partial charge is 0.309 e. The molecule has 0 aliphatic rings. The summed E-state index contributed by atoms with van der Waals surface area (Å²) in [6.45, 7) is 3.91. The number of ketones is 2. The minimum Gasteiger partial charge on any atom is -0.309 e. The fourth-order valence-corrected chi connectivity index (χ4v) is 5.13. The maximum absolute atomic E-state index is 13.5. The number of hydrogen-bond donors (Lipinski definition) is 0. The number of aryl methyl sites for hydroxylation is 2. The van der Waals surface area contributed by atoms with Crippen molar-refractivity contribution in [3.8, 4) is 5.69 Å². The lowest BCUT2D eigenvalue weighted by Crippen LogP contribution is -2.03. The minimum atomic E-state index is -0.00671. The molecule has 1 heterocycles. The summed E-state index contributed by atoms with van der Waals surface area (Å²) < 4.78 is 2.19. The van der Waals surface area contributed by atoms with Crippen LogP contribution in [0.1, 0.15) is 43.0 Å². The number of fused-ring (bicyclic) bond motifs is 3. The number of para-hydroxylation sites is 1. The molecule has 3 heteroatoms. The van der Waals surface area contributed by atoms with Gasteiger partial charge in [-0.05, 0) is 73.5 Å². The third-order valence-corrected chi connectivity index (χ3v) is 7.08. The van der Waals surface area contributed by atoms with Crippen molar-refractivity contribution in [2.24, 2.45) is 0 Å². The van der Waals surface area contributed by atoms with Gasteiger partial charge in [0, 0.05) is 38.7 Å². The summed E-state index contributed by atoms with van der Waals surface area (Å²) in [5.41, 5.74) is 7.56. The van der Waals surface area contributed by atoms with Crippen LogP contribution < -0.4 is 0 Å². The highest BCUT2D eigenvalue weighted by molar-refractivity contribution is 6.18. The van der Waals surface area contributed by atoms with Gasteiger partial charge >= 0.3 is 0 Å². The standard InChI is InChI=1S/C34H25NO2/c1-22-10-6-8-14-27(22)33(36)24-16-18-31-29(20-24)30-21-25(34(37)28-15-9-7-11-23(28)2)17-19-32(30)35(31)26-12-4-3-5-13-26/h3-21H,1-2H3. The molecule has 0 atom stereocenters. The van der Waals surface area contributed by atoms with E-state index in [1.807, 2.05) is 117 Å². The molecule has 1 aromatic heterocycles. The average molecular weight is 480 g/mol. The Morgan fingerprint density at radius 1 is 0.514 bits per heavy atom. The van der Waals surface area contributed by atoms with E-state index in [1.54, 1.807) is 0 Å². The van der Waals surface area contributed by atoms with Crippen LogP contribution in [-0.2, 0) is 0 Å². The predicted molar refractivity (Wildman–Crippen MR) is 150 cm³/mol. The first-order valence-electron chi connectivity index (χ1n) is 12.4. The maximum atomic E-state index is 13.5. The molecule has 5 aromatic carbocycles. The first kappa shape index (κ1) is 22.7. The molecule has 6 aromatic rings. The minimum absolute atomic E-state index is 0.00671. The molecular weight excluding hydrogens is 454 g/mol. The number of nitrogens with zero attached hydrogens (tertiary/aromatic N) is 1. The molecule has 0 saturated carbocycles. The Kier molecular flexibility index (Phi) is 5.54. The average Bonchev–Trinajstić information content (AvgIpc) is 3.26. The Hall–Kier alpha value is -4.76. The van der Waals surface area contributed by atoms with Gasteiger partial charge in [0.05, 0.1) is 11.0 Å². The van der Waals surface area contributed by atoms with Crippen LogP contribution in [0.5, 0.6) is 0 Å². The lowest BCUT2D eigenvalue weighted by molar-refractivity contribution is 0.103. The van der Waals surface area contributed by atoms with Crippen LogP contribution in [-0.4, -0.2) is 16.1 Å². The van der Waals surface area contributed by atoms with Crippen LogP contribution in [0.4, 0.5) is 0 Å². The SMILES string of the molecule is Cc1ccccc1C(=O)c1ccc2c(c1)c1cc(C(=O)c3ccccc3C)ccc1n2-c1ccccc1. The number of aromatic nitrogens is 1. The van der Waals surface area contributed by atoms with Crippen molar-refractivity contribution in [3.63, 3.8) is 0 Å². The number of benzene rings is 5. The van der Waals surface area contributed by atoms with Crippen LogP contribution in [0.2, 0.25) is 0 Å². The van der Waals surface area contributed by atoms with Crippen molar-refractivity contribution in [1.82, 2.24) is 4.57 Å². The van der Waals surface area contributed by atoms with Crippen LogP contribution in [0.3, 0.4) is 0 Å². The van der Waals surface area contributed by atoms with Crippen LogP contribution in [0.15, 0.2) is 115 Å². The number of hydrogen-bond acceptors (Lipinski definition) is 2.